The van der Waals surface area contributed by atoms with Crippen LogP contribution in [0.25, 0.3) is 0 Å². The zero-order valence-corrected chi connectivity index (χ0v) is 17.5. The summed E-state index contributed by atoms with van der Waals surface area (Å²) < 4.78 is 5.47. The molecule has 1 amide bonds. The van der Waals surface area contributed by atoms with E-state index in [1.807, 2.05) is 34.7 Å². The molecule has 1 aliphatic carbocycles. The highest BCUT2D eigenvalue weighted by molar-refractivity contribution is 5.67. The third kappa shape index (κ3) is 5.11. The summed E-state index contributed by atoms with van der Waals surface area (Å²) in [6.45, 7) is 10.5. The molecular formula is C21H34N4O2. The molecule has 27 heavy (non-hydrogen) atoms. The van der Waals surface area contributed by atoms with E-state index in [0.717, 1.165) is 57.0 Å². The third-order valence-electron chi connectivity index (χ3n) is 5.42. The minimum Gasteiger partial charge on any atom is -0.444 e. The second-order valence-corrected chi connectivity index (χ2v) is 9.02. The lowest BCUT2D eigenvalue weighted by atomic mass is 9.93. The van der Waals surface area contributed by atoms with Gasteiger partial charge < -0.3 is 14.5 Å². The van der Waals surface area contributed by atoms with Gasteiger partial charge in [0.1, 0.15) is 17.2 Å². The summed E-state index contributed by atoms with van der Waals surface area (Å²) in [4.78, 5) is 25.8. The van der Waals surface area contributed by atoms with E-state index in [-0.39, 0.29) is 6.09 Å². The second-order valence-electron chi connectivity index (χ2n) is 9.02. The highest BCUT2D eigenvalue weighted by Gasteiger charge is 2.27. The molecular weight excluding hydrogens is 340 g/mol. The van der Waals surface area contributed by atoms with E-state index in [4.69, 9.17) is 9.72 Å². The van der Waals surface area contributed by atoms with Gasteiger partial charge in [-0.2, -0.15) is 0 Å². The number of rotatable bonds is 3. The minimum absolute atomic E-state index is 0.231. The van der Waals surface area contributed by atoms with E-state index in [1.165, 1.54) is 24.1 Å². The van der Waals surface area contributed by atoms with E-state index >= 15 is 0 Å². The van der Waals surface area contributed by atoms with Crippen molar-refractivity contribution in [2.45, 2.75) is 71.8 Å². The molecule has 1 aromatic rings. The fourth-order valence-electron chi connectivity index (χ4n) is 4.09. The highest BCUT2D eigenvalue weighted by atomic mass is 16.6. The van der Waals surface area contributed by atoms with Gasteiger partial charge in [-0.25, -0.2) is 14.8 Å². The fourth-order valence-corrected chi connectivity index (χ4v) is 4.09. The highest BCUT2D eigenvalue weighted by Crippen LogP contribution is 2.31. The predicted molar refractivity (Wildman–Crippen MR) is 107 cm³/mol. The molecule has 0 aromatic carbocycles. The molecule has 0 bridgehead atoms. The van der Waals surface area contributed by atoms with E-state index in [0.29, 0.717) is 5.92 Å². The van der Waals surface area contributed by atoms with Gasteiger partial charge in [-0.05, 0) is 72.1 Å². The van der Waals surface area contributed by atoms with Crippen LogP contribution in [0.15, 0.2) is 0 Å². The number of hydrogen-bond acceptors (Lipinski definition) is 5. The minimum atomic E-state index is -0.446. The summed E-state index contributed by atoms with van der Waals surface area (Å²) in [5, 5.41) is 0. The number of carbonyl (C=O) groups excluding carboxylic acids is 1. The number of aryl methyl sites for hydroxylation is 2. The number of hydrogen-bond donors (Lipinski definition) is 0. The molecule has 1 aliphatic heterocycles. The molecule has 1 aromatic heterocycles. The summed E-state index contributed by atoms with van der Waals surface area (Å²) >= 11 is 0. The van der Waals surface area contributed by atoms with Gasteiger partial charge in [-0.3, -0.25) is 0 Å². The van der Waals surface area contributed by atoms with Crippen molar-refractivity contribution >= 4 is 11.9 Å². The van der Waals surface area contributed by atoms with E-state index in [2.05, 4.69) is 9.88 Å². The molecule has 6 heteroatoms. The van der Waals surface area contributed by atoms with Crippen molar-refractivity contribution in [3.63, 3.8) is 0 Å². The van der Waals surface area contributed by atoms with Crippen LogP contribution in [0.2, 0.25) is 0 Å². The zero-order valence-electron chi connectivity index (χ0n) is 17.5. The Morgan fingerprint density at radius 3 is 2.52 bits per heavy atom. The Morgan fingerprint density at radius 2 is 1.85 bits per heavy atom. The van der Waals surface area contributed by atoms with Crippen LogP contribution < -0.4 is 4.90 Å². The van der Waals surface area contributed by atoms with Crippen molar-refractivity contribution in [1.82, 2.24) is 14.9 Å². The molecule has 0 spiro atoms. The molecule has 0 N–H and O–H groups in total. The summed E-state index contributed by atoms with van der Waals surface area (Å²) in [5.41, 5.74) is 2.19. The Bertz CT molecular complexity index is 675. The van der Waals surface area contributed by atoms with Crippen LogP contribution in [-0.2, 0) is 17.6 Å². The van der Waals surface area contributed by atoms with E-state index in [1.54, 1.807) is 4.90 Å². The van der Waals surface area contributed by atoms with Crippen LogP contribution in [0.5, 0.6) is 0 Å². The molecule has 0 saturated carbocycles. The number of anilines is 1. The average Bonchev–Trinajstić information content (AvgIpc) is 2.60. The molecule has 0 radical (unpaired) electrons. The zero-order chi connectivity index (χ0) is 19.6. The molecule has 3 rings (SSSR count). The van der Waals surface area contributed by atoms with Crippen LogP contribution in [0.4, 0.5) is 10.6 Å². The predicted octanol–water partition coefficient (Wildman–Crippen LogP) is 3.75. The molecule has 6 nitrogen and oxygen atoms in total. The van der Waals surface area contributed by atoms with Gasteiger partial charge in [0.25, 0.3) is 0 Å². The standard InChI is InChI=1S/C21H34N4O2/c1-15-22-18-9-7-6-8-17(18)19(23-15)25-12-10-16(11-13-25)14-24(5)20(26)27-21(2,3)4/h16H,6-14H2,1-5H3. The van der Waals surface area contributed by atoms with E-state index < -0.39 is 5.60 Å². The maximum Gasteiger partial charge on any atom is 0.410 e. The lowest BCUT2D eigenvalue weighted by Gasteiger charge is -2.36. The Kier molecular flexibility index (Phi) is 5.92. The second kappa shape index (κ2) is 8.03. The number of amides is 1. The van der Waals surface area contributed by atoms with Crippen LogP contribution in [0, 0.1) is 12.8 Å². The first-order chi connectivity index (χ1) is 12.7. The van der Waals surface area contributed by atoms with Gasteiger partial charge in [0.2, 0.25) is 0 Å². The van der Waals surface area contributed by atoms with Gasteiger partial charge in [0.15, 0.2) is 0 Å². The molecule has 2 heterocycles. The van der Waals surface area contributed by atoms with Crippen LogP contribution in [-0.4, -0.2) is 53.2 Å². The Labute approximate surface area is 163 Å². The fraction of sp³-hybridized carbons (Fsp3) is 0.762. The lowest BCUT2D eigenvalue weighted by Crippen LogP contribution is -2.41. The average molecular weight is 375 g/mol. The molecule has 150 valence electrons. The number of nitrogens with zero attached hydrogens (tertiary/aromatic N) is 4. The van der Waals surface area contributed by atoms with Crippen molar-refractivity contribution in [1.29, 1.82) is 0 Å². The molecule has 0 unspecified atom stereocenters. The van der Waals surface area contributed by atoms with Crippen molar-refractivity contribution in [2.24, 2.45) is 5.92 Å². The number of ether oxygens (including phenoxy) is 1. The smallest absolute Gasteiger partial charge is 0.410 e. The summed E-state index contributed by atoms with van der Waals surface area (Å²) in [5.74, 6) is 2.56. The van der Waals surface area contributed by atoms with Gasteiger partial charge >= 0.3 is 6.09 Å². The first-order valence-electron chi connectivity index (χ1n) is 10.3. The van der Waals surface area contributed by atoms with Crippen LogP contribution >= 0.6 is 0 Å². The Morgan fingerprint density at radius 1 is 1.19 bits per heavy atom. The maximum atomic E-state index is 12.2. The third-order valence-corrected chi connectivity index (χ3v) is 5.42. The summed E-state index contributed by atoms with van der Waals surface area (Å²) in [7, 11) is 1.84. The normalized spacial score (nSPS) is 18.2. The van der Waals surface area contributed by atoms with Gasteiger partial charge in [-0.1, -0.05) is 0 Å². The Hall–Kier alpha value is -1.85. The van der Waals surface area contributed by atoms with Crippen molar-refractivity contribution < 1.29 is 9.53 Å². The molecule has 1 fully saturated rings. The molecule has 1 saturated heterocycles. The topological polar surface area (TPSA) is 58.6 Å². The lowest BCUT2D eigenvalue weighted by molar-refractivity contribution is 0.0266. The van der Waals surface area contributed by atoms with Gasteiger partial charge in [0, 0.05) is 37.9 Å². The van der Waals surface area contributed by atoms with Crippen molar-refractivity contribution in [3.05, 3.63) is 17.1 Å². The quantitative estimate of drug-likeness (QED) is 0.806. The number of piperidine rings is 1. The molecule has 2 aliphatic rings. The van der Waals surface area contributed by atoms with Crippen LogP contribution in [0.3, 0.4) is 0 Å². The van der Waals surface area contributed by atoms with Crippen molar-refractivity contribution in [2.75, 3.05) is 31.6 Å². The maximum absolute atomic E-state index is 12.2. The largest absolute Gasteiger partial charge is 0.444 e. The first-order valence-corrected chi connectivity index (χ1v) is 10.3. The number of fused-ring (bicyclic) bond motifs is 1. The van der Waals surface area contributed by atoms with Gasteiger partial charge in [-0.15, -0.1) is 0 Å². The number of aromatic nitrogens is 2. The summed E-state index contributed by atoms with van der Waals surface area (Å²) in [6.07, 6.45) is 6.58. The van der Waals surface area contributed by atoms with Crippen LogP contribution in [0.1, 0.15) is 63.5 Å². The SMILES string of the molecule is Cc1nc2c(c(N3CCC(CN(C)C(=O)OC(C)(C)C)CC3)n1)CCCC2. The van der Waals surface area contributed by atoms with Gasteiger partial charge in [0.05, 0.1) is 0 Å². The van der Waals surface area contributed by atoms with E-state index in [9.17, 15) is 4.79 Å². The summed E-state index contributed by atoms with van der Waals surface area (Å²) in [6, 6.07) is 0. The number of carbonyl (C=O) groups is 1. The van der Waals surface area contributed by atoms with Crippen molar-refractivity contribution in [3.8, 4) is 0 Å². The molecule has 0 atom stereocenters. The first kappa shape index (κ1) is 19.9. The Balaban J connectivity index is 1.58. The monoisotopic (exact) mass is 374 g/mol.